The van der Waals surface area contributed by atoms with E-state index in [0.717, 1.165) is 19.3 Å². The molecule has 4 unspecified atom stereocenters. The van der Waals surface area contributed by atoms with Crippen molar-refractivity contribution in [2.24, 2.45) is 5.92 Å². The highest BCUT2D eigenvalue weighted by atomic mass is 32.1. The minimum absolute atomic E-state index is 0.0131. The summed E-state index contributed by atoms with van der Waals surface area (Å²) in [5.41, 5.74) is -0.246. The molecule has 0 aliphatic carbocycles. The molecule has 2 aliphatic heterocycles. The van der Waals surface area contributed by atoms with Crippen LogP contribution < -0.4 is 0 Å². The number of ether oxygens (including phenoxy) is 2. The number of thiol groups is 1. The van der Waals surface area contributed by atoms with Gasteiger partial charge in [0.1, 0.15) is 0 Å². The minimum atomic E-state index is -0.474. The Kier molecular flexibility index (Phi) is 4.04. The maximum Gasteiger partial charge on any atom is 0.175 e. The van der Waals surface area contributed by atoms with Crippen LogP contribution in [0.25, 0.3) is 0 Å². The first-order valence-corrected chi connectivity index (χ1v) is 8.28. The molecule has 0 bridgehead atoms. The Bertz CT molecular complexity index is 389. The van der Waals surface area contributed by atoms with Gasteiger partial charge in [0.2, 0.25) is 0 Å². The van der Waals surface area contributed by atoms with Crippen LogP contribution in [-0.4, -0.2) is 33.4 Å². The average molecular weight is 301 g/mol. The lowest BCUT2D eigenvalue weighted by atomic mass is 9.68. The Morgan fingerprint density at radius 3 is 2.15 bits per heavy atom. The first-order chi connectivity index (χ1) is 9.05. The molecule has 2 heterocycles. The molecule has 0 saturated carbocycles. The molecule has 2 aliphatic rings. The van der Waals surface area contributed by atoms with Gasteiger partial charge in [-0.25, -0.2) is 4.31 Å². The molecule has 0 aromatic carbocycles. The lowest BCUT2D eigenvalue weighted by molar-refractivity contribution is -0.276. The summed E-state index contributed by atoms with van der Waals surface area (Å²) in [5, 5.41) is 0. The van der Waals surface area contributed by atoms with Crippen molar-refractivity contribution in [3.8, 4) is 0 Å². The average Bonchev–Trinajstić information content (AvgIpc) is 2.70. The molecule has 4 heteroatoms. The second-order valence-corrected chi connectivity index (χ2v) is 8.13. The molecular formula is C16H31NO2S. The lowest BCUT2D eigenvalue weighted by Gasteiger charge is -2.61. The predicted molar refractivity (Wildman–Crippen MR) is 85.8 cm³/mol. The second-order valence-electron chi connectivity index (χ2n) is 7.73. The molecule has 0 N–H and O–H groups in total. The molecule has 1 spiro atoms. The van der Waals surface area contributed by atoms with Crippen LogP contribution in [0, 0.1) is 5.92 Å². The van der Waals surface area contributed by atoms with E-state index >= 15 is 0 Å². The third-order valence-electron chi connectivity index (χ3n) is 5.81. The van der Waals surface area contributed by atoms with Crippen molar-refractivity contribution < 1.29 is 9.47 Å². The fourth-order valence-corrected chi connectivity index (χ4v) is 4.41. The Morgan fingerprint density at radius 2 is 1.75 bits per heavy atom. The van der Waals surface area contributed by atoms with E-state index in [2.05, 4.69) is 52.8 Å². The number of nitrogens with zero attached hydrogens (tertiary/aromatic N) is 1. The molecular weight excluding hydrogens is 270 g/mol. The standard InChI is InChI=1S/C16H31NO2S/c1-8-14(6)10-16(18-11-13(4,5)19-16)12(3)15(7,9-2)17(14)20/h12,20H,8-11H2,1-7H3. The molecule has 2 saturated heterocycles. The van der Waals surface area contributed by atoms with Crippen LogP contribution in [0.3, 0.4) is 0 Å². The quantitative estimate of drug-likeness (QED) is 0.778. The Morgan fingerprint density at radius 1 is 1.15 bits per heavy atom. The van der Waals surface area contributed by atoms with E-state index in [1.807, 2.05) is 0 Å². The maximum atomic E-state index is 6.45. The van der Waals surface area contributed by atoms with Gasteiger partial charge in [-0.05, 0) is 40.5 Å². The zero-order valence-electron chi connectivity index (χ0n) is 14.1. The van der Waals surface area contributed by atoms with Crippen LogP contribution >= 0.6 is 12.8 Å². The monoisotopic (exact) mass is 301 g/mol. The van der Waals surface area contributed by atoms with Crippen LogP contribution in [0.5, 0.6) is 0 Å². The van der Waals surface area contributed by atoms with Gasteiger partial charge in [-0.1, -0.05) is 33.6 Å². The number of hydrogen-bond donors (Lipinski definition) is 1. The van der Waals surface area contributed by atoms with Gasteiger partial charge < -0.3 is 9.47 Å². The summed E-state index contributed by atoms with van der Waals surface area (Å²) < 4.78 is 15.0. The number of hydrogen-bond acceptors (Lipinski definition) is 4. The van der Waals surface area contributed by atoms with Crippen LogP contribution in [0.4, 0.5) is 0 Å². The van der Waals surface area contributed by atoms with Crippen molar-refractivity contribution >= 4 is 12.8 Å². The van der Waals surface area contributed by atoms with E-state index in [1.54, 1.807) is 0 Å². The topological polar surface area (TPSA) is 21.7 Å². The van der Waals surface area contributed by atoms with Crippen LogP contribution in [0.1, 0.15) is 67.7 Å². The third kappa shape index (κ3) is 2.23. The minimum Gasteiger partial charge on any atom is -0.346 e. The highest BCUT2D eigenvalue weighted by molar-refractivity contribution is 7.77. The maximum absolute atomic E-state index is 6.45. The number of rotatable bonds is 2. The summed E-state index contributed by atoms with van der Waals surface area (Å²) in [7, 11) is 0. The van der Waals surface area contributed by atoms with E-state index in [0.29, 0.717) is 6.61 Å². The molecule has 20 heavy (non-hydrogen) atoms. The van der Waals surface area contributed by atoms with Crippen molar-refractivity contribution in [3.63, 3.8) is 0 Å². The fourth-order valence-electron chi connectivity index (χ4n) is 3.89. The fraction of sp³-hybridized carbons (Fsp3) is 1.00. The smallest absolute Gasteiger partial charge is 0.175 e. The van der Waals surface area contributed by atoms with Crippen molar-refractivity contribution in [1.82, 2.24) is 4.31 Å². The lowest BCUT2D eigenvalue weighted by Crippen LogP contribution is -2.69. The number of piperidine rings is 1. The Hall–Kier alpha value is 0.230. The van der Waals surface area contributed by atoms with Crippen LogP contribution in [0.2, 0.25) is 0 Å². The molecule has 4 atom stereocenters. The summed E-state index contributed by atoms with van der Waals surface area (Å²) in [4.78, 5) is 0. The van der Waals surface area contributed by atoms with Crippen LogP contribution in [-0.2, 0) is 9.47 Å². The molecule has 3 nitrogen and oxygen atoms in total. The molecule has 0 aromatic rings. The van der Waals surface area contributed by atoms with Gasteiger partial charge in [0, 0.05) is 23.4 Å². The predicted octanol–water partition coefficient (Wildman–Crippen LogP) is 4.03. The van der Waals surface area contributed by atoms with E-state index in [1.165, 1.54) is 0 Å². The van der Waals surface area contributed by atoms with Crippen molar-refractivity contribution in [2.75, 3.05) is 6.61 Å². The van der Waals surface area contributed by atoms with Crippen molar-refractivity contribution in [2.45, 2.75) is 90.2 Å². The normalized spacial score (nSPS) is 48.9. The summed E-state index contributed by atoms with van der Waals surface area (Å²) in [6.45, 7) is 16.2. The molecule has 2 fully saturated rings. The summed E-state index contributed by atoms with van der Waals surface area (Å²) in [5.74, 6) is -0.197. The Balaban J connectivity index is 2.45. The van der Waals surface area contributed by atoms with E-state index in [-0.39, 0.29) is 22.6 Å². The molecule has 0 radical (unpaired) electrons. The van der Waals surface area contributed by atoms with E-state index < -0.39 is 5.79 Å². The first kappa shape index (κ1) is 16.6. The second kappa shape index (κ2) is 4.87. The van der Waals surface area contributed by atoms with Crippen molar-refractivity contribution in [1.29, 1.82) is 0 Å². The largest absolute Gasteiger partial charge is 0.346 e. The van der Waals surface area contributed by atoms with Gasteiger partial charge in [0.05, 0.1) is 12.2 Å². The van der Waals surface area contributed by atoms with Gasteiger partial charge in [-0.2, -0.15) is 0 Å². The van der Waals surface area contributed by atoms with E-state index in [4.69, 9.17) is 22.3 Å². The zero-order chi connectivity index (χ0) is 15.4. The molecule has 0 amide bonds. The van der Waals surface area contributed by atoms with Crippen molar-refractivity contribution in [3.05, 3.63) is 0 Å². The highest BCUT2D eigenvalue weighted by Crippen LogP contribution is 2.55. The highest BCUT2D eigenvalue weighted by Gasteiger charge is 2.63. The van der Waals surface area contributed by atoms with E-state index in [9.17, 15) is 0 Å². The summed E-state index contributed by atoms with van der Waals surface area (Å²) >= 11 is 4.88. The first-order valence-electron chi connectivity index (χ1n) is 7.88. The molecule has 2 rings (SSSR count). The van der Waals surface area contributed by atoms with Gasteiger partial charge in [0.15, 0.2) is 5.79 Å². The van der Waals surface area contributed by atoms with Gasteiger partial charge in [-0.3, -0.25) is 0 Å². The van der Waals surface area contributed by atoms with Crippen LogP contribution in [0.15, 0.2) is 0 Å². The van der Waals surface area contributed by atoms with Gasteiger partial charge >= 0.3 is 0 Å². The molecule has 0 aromatic heterocycles. The third-order valence-corrected chi connectivity index (χ3v) is 6.75. The van der Waals surface area contributed by atoms with Gasteiger partial charge in [0.25, 0.3) is 0 Å². The summed E-state index contributed by atoms with van der Waals surface area (Å²) in [6, 6.07) is 0. The summed E-state index contributed by atoms with van der Waals surface area (Å²) in [6.07, 6.45) is 2.94. The Labute approximate surface area is 129 Å². The zero-order valence-corrected chi connectivity index (χ0v) is 15.0. The van der Waals surface area contributed by atoms with Gasteiger partial charge in [-0.15, -0.1) is 0 Å². The SMILES string of the molecule is CCC1(C)CC2(OCC(C)(C)O2)C(C)C(C)(CC)N1S. The molecule has 118 valence electrons.